The van der Waals surface area contributed by atoms with Crippen LogP contribution in [0.2, 0.25) is 5.02 Å². The zero-order valence-electron chi connectivity index (χ0n) is 14.7. The number of sulfonamides is 1. The molecule has 0 spiro atoms. The van der Waals surface area contributed by atoms with Crippen molar-refractivity contribution in [2.45, 2.75) is 26.0 Å². The summed E-state index contributed by atoms with van der Waals surface area (Å²) in [6.07, 6.45) is 1.07. The van der Waals surface area contributed by atoms with Gasteiger partial charge in [0.1, 0.15) is 5.75 Å². The summed E-state index contributed by atoms with van der Waals surface area (Å²) in [5.41, 5.74) is -0.0483. The van der Waals surface area contributed by atoms with Crippen LogP contribution in [0.15, 0.2) is 48.5 Å². The third-order valence-corrected chi connectivity index (χ3v) is 4.33. The first-order chi connectivity index (χ1) is 12.1. The summed E-state index contributed by atoms with van der Waals surface area (Å²) in [4.78, 5) is 12.5. The topological polar surface area (TPSA) is 84.5 Å². The van der Waals surface area contributed by atoms with Crippen LogP contribution in [-0.4, -0.2) is 26.2 Å². The molecule has 2 aromatic carbocycles. The van der Waals surface area contributed by atoms with Crippen molar-refractivity contribution in [3.05, 3.63) is 59.1 Å². The van der Waals surface area contributed by atoms with Crippen LogP contribution in [0.1, 0.15) is 19.4 Å². The maximum Gasteiger partial charge on any atom is 0.263 e. The lowest BCUT2D eigenvalue weighted by Gasteiger charge is -2.25. The number of ether oxygens (including phenoxy) is 1. The molecule has 0 saturated carbocycles. The van der Waals surface area contributed by atoms with E-state index in [1.54, 1.807) is 62.4 Å². The Bertz CT molecular complexity index is 880. The highest BCUT2D eigenvalue weighted by molar-refractivity contribution is 7.92. The van der Waals surface area contributed by atoms with E-state index >= 15 is 0 Å². The molecule has 0 aliphatic carbocycles. The van der Waals surface area contributed by atoms with E-state index < -0.39 is 15.6 Å². The third kappa shape index (κ3) is 5.93. The van der Waals surface area contributed by atoms with Crippen LogP contribution < -0.4 is 14.8 Å². The number of halogens is 1. The van der Waals surface area contributed by atoms with E-state index in [-0.39, 0.29) is 12.5 Å². The minimum atomic E-state index is -3.41. The standard InChI is InChI=1S/C18H21ClN2O4S/c1-18(2,25-15-10-8-14(19)9-11-15)17(22)20-12-13-6-4-5-7-16(13)21-26(3,23)24/h4-11,21H,12H2,1-3H3,(H,20,22). The van der Waals surface area contributed by atoms with Gasteiger partial charge in [-0.15, -0.1) is 0 Å². The van der Waals surface area contributed by atoms with Crippen LogP contribution in [0.3, 0.4) is 0 Å². The molecule has 0 bridgehead atoms. The highest BCUT2D eigenvalue weighted by atomic mass is 35.5. The van der Waals surface area contributed by atoms with E-state index in [1.165, 1.54) is 0 Å². The zero-order chi connectivity index (χ0) is 19.4. The predicted molar refractivity (Wildman–Crippen MR) is 103 cm³/mol. The number of carbonyl (C=O) groups is 1. The molecule has 0 aromatic heterocycles. The van der Waals surface area contributed by atoms with Crippen molar-refractivity contribution in [1.29, 1.82) is 0 Å². The first-order valence-electron chi connectivity index (χ1n) is 7.85. The molecule has 0 heterocycles. The van der Waals surface area contributed by atoms with Gasteiger partial charge in [-0.2, -0.15) is 0 Å². The van der Waals surface area contributed by atoms with Gasteiger partial charge in [-0.25, -0.2) is 8.42 Å². The van der Waals surface area contributed by atoms with Crippen LogP contribution in [-0.2, 0) is 21.4 Å². The number of para-hydroxylation sites is 1. The fraction of sp³-hybridized carbons (Fsp3) is 0.278. The van der Waals surface area contributed by atoms with Crippen molar-refractivity contribution < 1.29 is 17.9 Å². The van der Waals surface area contributed by atoms with E-state index in [0.29, 0.717) is 22.0 Å². The van der Waals surface area contributed by atoms with E-state index in [1.807, 2.05) is 0 Å². The summed E-state index contributed by atoms with van der Waals surface area (Å²) >= 11 is 5.84. The molecule has 6 nitrogen and oxygen atoms in total. The highest BCUT2D eigenvalue weighted by Crippen LogP contribution is 2.21. The van der Waals surface area contributed by atoms with E-state index in [0.717, 1.165) is 6.26 Å². The van der Waals surface area contributed by atoms with E-state index in [9.17, 15) is 13.2 Å². The Labute approximate surface area is 158 Å². The molecule has 0 radical (unpaired) electrons. The maximum absolute atomic E-state index is 12.5. The lowest BCUT2D eigenvalue weighted by Crippen LogP contribution is -2.46. The van der Waals surface area contributed by atoms with Gasteiger partial charge in [-0.05, 0) is 49.7 Å². The van der Waals surface area contributed by atoms with Gasteiger partial charge >= 0.3 is 0 Å². The molecule has 0 saturated heterocycles. The minimum absolute atomic E-state index is 0.158. The Balaban J connectivity index is 2.04. The Hall–Kier alpha value is -2.25. The molecule has 0 unspecified atom stereocenters. The lowest BCUT2D eigenvalue weighted by atomic mass is 10.1. The first kappa shape index (κ1) is 20.1. The fourth-order valence-corrected chi connectivity index (χ4v) is 2.93. The van der Waals surface area contributed by atoms with Gasteiger partial charge in [0.2, 0.25) is 10.0 Å². The smallest absolute Gasteiger partial charge is 0.263 e. The second kappa shape index (κ2) is 7.97. The number of benzene rings is 2. The summed E-state index contributed by atoms with van der Waals surface area (Å²) < 4.78 is 31.1. The van der Waals surface area contributed by atoms with Gasteiger partial charge in [-0.3, -0.25) is 9.52 Å². The van der Waals surface area contributed by atoms with Gasteiger partial charge in [0.05, 0.1) is 11.9 Å². The van der Waals surface area contributed by atoms with Crippen LogP contribution in [0.4, 0.5) is 5.69 Å². The van der Waals surface area contributed by atoms with Crippen molar-refractivity contribution in [3.8, 4) is 5.75 Å². The van der Waals surface area contributed by atoms with Crippen molar-refractivity contribution >= 4 is 33.2 Å². The van der Waals surface area contributed by atoms with Gasteiger partial charge in [0.25, 0.3) is 5.91 Å². The third-order valence-electron chi connectivity index (χ3n) is 3.49. The molecular formula is C18H21ClN2O4S. The molecule has 2 aromatic rings. The summed E-state index contributed by atoms with van der Waals surface area (Å²) in [5, 5.41) is 3.35. The number of carbonyl (C=O) groups excluding carboxylic acids is 1. The van der Waals surface area contributed by atoms with E-state index in [4.69, 9.17) is 16.3 Å². The molecule has 8 heteroatoms. The monoisotopic (exact) mass is 396 g/mol. The van der Waals surface area contributed by atoms with Crippen LogP contribution in [0.5, 0.6) is 5.75 Å². The molecule has 1 amide bonds. The molecular weight excluding hydrogens is 376 g/mol. The predicted octanol–water partition coefficient (Wildman–Crippen LogP) is 3.19. The minimum Gasteiger partial charge on any atom is -0.478 e. The zero-order valence-corrected chi connectivity index (χ0v) is 16.3. The molecule has 140 valence electrons. The van der Waals surface area contributed by atoms with Gasteiger partial charge in [-0.1, -0.05) is 29.8 Å². The molecule has 0 fully saturated rings. The van der Waals surface area contributed by atoms with Crippen molar-refractivity contribution in [1.82, 2.24) is 5.32 Å². The SMILES string of the molecule is CC(C)(Oc1ccc(Cl)cc1)C(=O)NCc1ccccc1NS(C)(=O)=O. The first-order valence-corrected chi connectivity index (χ1v) is 10.1. The second-order valence-electron chi connectivity index (χ2n) is 6.28. The summed E-state index contributed by atoms with van der Waals surface area (Å²) in [6, 6.07) is 13.6. The average Bonchev–Trinajstić information content (AvgIpc) is 2.54. The van der Waals surface area contributed by atoms with E-state index in [2.05, 4.69) is 10.0 Å². The van der Waals surface area contributed by atoms with Gasteiger partial charge in [0.15, 0.2) is 5.60 Å². The van der Waals surface area contributed by atoms with Crippen molar-refractivity contribution in [3.63, 3.8) is 0 Å². The quantitative estimate of drug-likeness (QED) is 0.752. The molecule has 0 aliphatic rings. The number of hydrogen-bond acceptors (Lipinski definition) is 4. The average molecular weight is 397 g/mol. The Kier molecular flexibility index (Phi) is 6.15. The summed E-state index contributed by atoms with van der Waals surface area (Å²) in [6.45, 7) is 3.46. The number of hydrogen-bond donors (Lipinski definition) is 2. The van der Waals surface area contributed by atoms with Gasteiger partial charge in [0, 0.05) is 11.6 Å². The molecule has 2 rings (SSSR count). The Morgan fingerprint density at radius 1 is 1.12 bits per heavy atom. The second-order valence-corrected chi connectivity index (χ2v) is 8.47. The number of amides is 1. The molecule has 26 heavy (non-hydrogen) atoms. The largest absolute Gasteiger partial charge is 0.478 e. The van der Waals surface area contributed by atoms with Gasteiger partial charge < -0.3 is 10.1 Å². The normalized spacial score (nSPS) is 11.7. The molecule has 0 aliphatic heterocycles. The van der Waals surface area contributed by atoms with Crippen LogP contribution in [0, 0.1) is 0 Å². The number of anilines is 1. The Morgan fingerprint density at radius 2 is 1.73 bits per heavy atom. The molecule has 0 atom stereocenters. The number of rotatable bonds is 7. The maximum atomic E-state index is 12.5. The lowest BCUT2D eigenvalue weighted by molar-refractivity contribution is -0.134. The summed E-state index contributed by atoms with van der Waals surface area (Å²) in [7, 11) is -3.41. The van der Waals surface area contributed by atoms with Crippen LogP contribution in [0.25, 0.3) is 0 Å². The summed E-state index contributed by atoms with van der Waals surface area (Å²) in [5.74, 6) is 0.190. The van der Waals surface area contributed by atoms with Crippen molar-refractivity contribution in [2.75, 3.05) is 11.0 Å². The Morgan fingerprint density at radius 3 is 2.35 bits per heavy atom. The number of nitrogens with one attached hydrogen (secondary N) is 2. The fourth-order valence-electron chi connectivity index (χ4n) is 2.21. The molecule has 2 N–H and O–H groups in total. The van der Waals surface area contributed by atoms with Crippen LogP contribution >= 0.6 is 11.6 Å². The van der Waals surface area contributed by atoms with Crippen molar-refractivity contribution in [2.24, 2.45) is 0 Å². The highest BCUT2D eigenvalue weighted by Gasteiger charge is 2.29.